The summed E-state index contributed by atoms with van der Waals surface area (Å²) in [6.45, 7) is 2.11. The zero-order valence-corrected chi connectivity index (χ0v) is 14.0. The van der Waals surface area contributed by atoms with Crippen LogP contribution < -0.4 is 0 Å². The predicted octanol–water partition coefficient (Wildman–Crippen LogP) is 2.69. The molecule has 0 aromatic heterocycles. The van der Waals surface area contributed by atoms with Gasteiger partial charge in [0.1, 0.15) is 5.78 Å². The van der Waals surface area contributed by atoms with Gasteiger partial charge in [-0.3, -0.25) is 9.59 Å². The number of hydrogen-bond acceptors (Lipinski definition) is 4. The second-order valence-electron chi connectivity index (χ2n) is 6.51. The van der Waals surface area contributed by atoms with Gasteiger partial charge < -0.3 is 15.3 Å². The van der Waals surface area contributed by atoms with Gasteiger partial charge in [-0.15, -0.1) is 0 Å². The summed E-state index contributed by atoms with van der Waals surface area (Å²) in [5, 5.41) is 28.5. The van der Waals surface area contributed by atoms with Gasteiger partial charge in [-0.1, -0.05) is 38.3 Å². The van der Waals surface area contributed by atoms with E-state index in [9.17, 15) is 19.8 Å². The summed E-state index contributed by atoms with van der Waals surface area (Å²) in [5.41, 5.74) is 0. The van der Waals surface area contributed by atoms with Crippen molar-refractivity contribution in [3.63, 3.8) is 0 Å². The Morgan fingerprint density at radius 1 is 1.30 bits per heavy atom. The van der Waals surface area contributed by atoms with Crippen molar-refractivity contribution in [2.75, 3.05) is 0 Å². The lowest BCUT2D eigenvalue weighted by Gasteiger charge is -2.18. The van der Waals surface area contributed by atoms with Gasteiger partial charge in [0.25, 0.3) is 0 Å². The van der Waals surface area contributed by atoms with E-state index < -0.39 is 18.2 Å². The average molecular weight is 326 g/mol. The Kier molecular flexibility index (Phi) is 9.10. The molecule has 1 saturated carbocycles. The number of rotatable bonds is 11. The standard InChI is InChI=1S/C18H30O5/c1-2-3-4-8-14-15(17(21)12-16(14)20)11-10-13(19)7-5-6-9-18(22)23/h10-11,13-15,17,19,21H,2-9,12H2,1H3,(H,22,23)/b11-10+/t13-,14+,15-,17+/m1/s1. The molecule has 0 unspecified atom stereocenters. The van der Waals surface area contributed by atoms with Gasteiger partial charge in [0.2, 0.25) is 0 Å². The fourth-order valence-electron chi connectivity index (χ4n) is 3.19. The van der Waals surface area contributed by atoms with Crippen molar-refractivity contribution < 1.29 is 24.9 Å². The van der Waals surface area contributed by atoms with Crippen LogP contribution in [0, 0.1) is 11.8 Å². The van der Waals surface area contributed by atoms with Gasteiger partial charge in [-0.25, -0.2) is 0 Å². The quantitative estimate of drug-likeness (QED) is 0.401. The maximum absolute atomic E-state index is 12.0. The van der Waals surface area contributed by atoms with Gasteiger partial charge in [0, 0.05) is 24.7 Å². The minimum absolute atomic E-state index is 0.117. The number of ketones is 1. The van der Waals surface area contributed by atoms with Crippen molar-refractivity contribution in [2.45, 2.75) is 76.9 Å². The SMILES string of the molecule is CCCCC[C@@H]1C(=O)C[C@H](O)[C@@H]1/C=C/[C@H](O)CCCCC(=O)O. The molecule has 5 heteroatoms. The number of carbonyl (C=O) groups is 2. The summed E-state index contributed by atoms with van der Waals surface area (Å²) in [5.74, 6) is -1.03. The summed E-state index contributed by atoms with van der Waals surface area (Å²) < 4.78 is 0. The molecule has 0 aromatic carbocycles. The van der Waals surface area contributed by atoms with Gasteiger partial charge in [-0.05, 0) is 25.7 Å². The van der Waals surface area contributed by atoms with Gasteiger partial charge in [-0.2, -0.15) is 0 Å². The van der Waals surface area contributed by atoms with Gasteiger partial charge in [0.05, 0.1) is 12.2 Å². The Labute approximate surface area is 138 Å². The molecule has 5 nitrogen and oxygen atoms in total. The average Bonchev–Trinajstić information content (AvgIpc) is 2.75. The van der Waals surface area contributed by atoms with E-state index in [1.807, 2.05) is 0 Å². The Morgan fingerprint density at radius 2 is 2.04 bits per heavy atom. The molecule has 0 aromatic rings. The van der Waals surface area contributed by atoms with Crippen LogP contribution >= 0.6 is 0 Å². The van der Waals surface area contributed by atoms with Crippen molar-refractivity contribution in [2.24, 2.45) is 11.8 Å². The van der Waals surface area contributed by atoms with E-state index in [0.29, 0.717) is 19.3 Å². The molecule has 0 heterocycles. The number of aliphatic hydroxyl groups is 2. The summed E-state index contributed by atoms with van der Waals surface area (Å²) >= 11 is 0. The highest BCUT2D eigenvalue weighted by molar-refractivity contribution is 5.84. The molecule has 0 aliphatic heterocycles. The number of carboxylic acids is 1. The Bertz CT molecular complexity index is 404. The first kappa shape index (κ1) is 19.8. The third kappa shape index (κ3) is 7.27. The third-order valence-electron chi connectivity index (χ3n) is 4.55. The van der Waals surface area contributed by atoms with Crippen LogP contribution in [0.2, 0.25) is 0 Å². The minimum Gasteiger partial charge on any atom is -0.481 e. The lowest BCUT2D eigenvalue weighted by molar-refractivity contribution is -0.137. The Morgan fingerprint density at radius 3 is 2.70 bits per heavy atom. The van der Waals surface area contributed by atoms with E-state index in [2.05, 4.69) is 6.92 Å². The predicted molar refractivity (Wildman–Crippen MR) is 88.0 cm³/mol. The van der Waals surface area contributed by atoms with E-state index in [1.165, 1.54) is 0 Å². The largest absolute Gasteiger partial charge is 0.481 e. The summed E-state index contributed by atoms with van der Waals surface area (Å²) in [4.78, 5) is 22.4. The molecule has 1 rings (SSSR count). The van der Waals surface area contributed by atoms with Crippen molar-refractivity contribution >= 4 is 11.8 Å². The number of aliphatic hydroxyl groups excluding tert-OH is 2. The minimum atomic E-state index is -0.822. The molecule has 3 N–H and O–H groups in total. The van der Waals surface area contributed by atoms with Crippen molar-refractivity contribution in [1.29, 1.82) is 0 Å². The first-order valence-corrected chi connectivity index (χ1v) is 8.74. The summed E-state index contributed by atoms with van der Waals surface area (Å²) in [6, 6.07) is 0. The maximum atomic E-state index is 12.0. The Hall–Kier alpha value is -1.20. The van der Waals surface area contributed by atoms with Crippen molar-refractivity contribution in [3.8, 4) is 0 Å². The number of Topliss-reactive ketones (excluding diaryl/α,β-unsaturated/α-hetero) is 1. The van der Waals surface area contributed by atoms with Crippen molar-refractivity contribution in [3.05, 3.63) is 12.2 Å². The van der Waals surface area contributed by atoms with E-state index in [1.54, 1.807) is 12.2 Å². The number of hydrogen-bond donors (Lipinski definition) is 3. The summed E-state index contributed by atoms with van der Waals surface area (Å²) in [7, 11) is 0. The highest BCUT2D eigenvalue weighted by atomic mass is 16.4. The van der Waals surface area contributed by atoms with Crippen LogP contribution in [0.5, 0.6) is 0 Å². The highest BCUT2D eigenvalue weighted by Crippen LogP contribution is 2.34. The normalized spacial score (nSPS) is 26.0. The molecule has 0 amide bonds. The smallest absolute Gasteiger partial charge is 0.303 e. The second-order valence-corrected chi connectivity index (χ2v) is 6.51. The number of unbranched alkanes of at least 4 members (excludes halogenated alkanes) is 3. The molecule has 0 saturated heterocycles. The van der Waals surface area contributed by atoms with E-state index in [0.717, 1.165) is 25.7 Å². The molecule has 0 radical (unpaired) electrons. The first-order valence-electron chi connectivity index (χ1n) is 8.74. The number of carboxylic acid groups (broad SMARTS) is 1. The molecule has 4 atom stereocenters. The van der Waals surface area contributed by atoms with Crippen LogP contribution in [0.3, 0.4) is 0 Å². The molecule has 0 spiro atoms. The monoisotopic (exact) mass is 326 g/mol. The zero-order valence-electron chi connectivity index (χ0n) is 14.0. The van der Waals surface area contributed by atoms with E-state index >= 15 is 0 Å². The first-order chi connectivity index (χ1) is 11.0. The van der Waals surface area contributed by atoms with Gasteiger partial charge in [0.15, 0.2) is 0 Å². The maximum Gasteiger partial charge on any atom is 0.303 e. The van der Waals surface area contributed by atoms with Crippen LogP contribution in [0.15, 0.2) is 12.2 Å². The fourth-order valence-corrected chi connectivity index (χ4v) is 3.19. The fraction of sp³-hybridized carbons (Fsp3) is 0.778. The molecule has 132 valence electrons. The second kappa shape index (κ2) is 10.6. The number of aliphatic carboxylic acids is 1. The summed E-state index contributed by atoms with van der Waals surface area (Å²) in [6.07, 6.45) is 8.12. The molecule has 0 bridgehead atoms. The van der Waals surface area contributed by atoms with Crippen LogP contribution in [0.1, 0.15) is 64.7 Å². The Balaban J connectivity index is 2.44. The highest BCUT2D eigenvalue weighted by Gasteiger charge is 2.39. The van der Waals surface area contributed by atoms with Crippen LogP contribution in [-0.2, 0) is 9.59 Å². The lowest BCUT2D eigenvalue weighted by Crippen LogP contribution is -2.19. The molecule has 23 heavy (non-hydrogen) atoms. The van der Waals surface area contributed by atoms with Crippen LogP contribution in [0.4, 0.5) is 0 Å². The molecule has 1 fully saturated rings. The molecule has 1 aliphatic rings. The third-order valence-corrected chi connectivity index (χ3v) is 4.55. The van der Waals surface area contributed by atoms with Gasteiger partial charge >= 0.3 is 5.97 Å². The lowest BCUT2D eigenvalue weighted by atomic mass is 9.88. The topological polar surface area (TPSA) is 94.8 Å². The number of carbonyl (C=O) groups excluding carboxylic acids is 1. The molecular weight excluding hydrogens is 296 g/mol. The molecular formula is C18H30O5. The zero-order chi connectivity index (χ0) is 17.2. The van der Waals surface area contributed by atoms with Crippen LogP contribution in [0.25, 0.3) is 0 Å². The van der Waals surface area contributed by atoms with Crippen molar-refractivity contribution in [1.82, 2.24) is 0 Å². The van der Waals surface area contributed by atoms with E-state index in [-0.39, 0.29) is 30.5 Å². The van der Waals surface area contributed by atoms with Crippen LogP contribution in [-0.4, -0.2) is 39.3 Å². The van der Waals surface area contributed by atoms with E-state index in [4.69, 9.17) is 5.11 Å². The molecule has 1 aliphatic carbocycles.